The number of amides is 2. The molecule has 0 aliphatic carbocycles. The van der Waals surface area contributed by atoms with Crippen LogP contribution in [-0.4, -0.2) is 17.6 Å². The van der Waals surface area contributed by atoms with Crippen molar-refractivity contribution < 1.29 is 14.0 Å². The zero-order chi connectivity index (χ0) is 21.6. The Balaban J connectivity index is 1.61. The fraction of sp³-hybridized carbons (Fsp3) is 0.200. The van der Waals surface area contributed by atoms with Crippen molar-refractivity contribution in [1.29, 1.82) is 0 Å². The number of rotatable bonds is 4. The highest BCUT2D eigenvalue weighted by molar-refractivity contribution is 8.02. The molecule has 0 N–H and O–H groups in total. The number of aryl methyl sites for hydroxylation is 1. The number of nitrogens with zero attached hydrogens (tertiary/aromatic N) is 2. The molecule has 1 unspecified atom stereocenters. The lowest BCUT2D eigenvalue weighted by molar-refractivity contribution is -0.123. The van der Waals surface area contributed by atoms with Crippen LogP contribution in [0.4, 0.5) is 15.8 Å². The van der Waals surface area contributed by atoms with E-state index < -0.39 is 4.87 Å². The Labute approximate surface area is 184 Å². The first-order valence-electron chi connectivity index (χ1n) is 10.3. The maximum atomic E-state index is 13.9. The van der Waals surface area contributed by atoms with Gasteiger partial charge in [-0.15, -0.1) is 11.8 Å². The maximum absolute atomic E-state index is 13.9. The summed E-state index contributed by atoms with van der Waals surface area (Å²) in [6.45, 7) is 2.40. The van der Waals surface area contributed by atoms with Gasteiger partial charge >= 0.3 is 0 Å². The van der Waals surface area contributed by atoms with E-state index in [0.717, 1.165) is 28.9 Å². The zero-order valence-electron chi connectivity index (χ0n) is 17.0. The second-order valence-electron chi connectivity index (χ2n) is 7.72. The number of halogens is 1. The van der Waals surface area contributed by atoms with Gasteiger partial charge < -0.3 is 4.90 Å². The van der Waals surface area contributed by atoms with Crippen molar-refractivity contribution in [1.82, 2.24) is 0 Å². The normalized spacial score (nSPS) is 20.1. The van der Waals surface area contributed by atoms with Gasteiger partial charge in [-0.2, -0.15) is 0 Å². The monoisotopic (exact) mass is 432 g/mol. The molecule has 2 aliphatic rings. The van der Waals surface area contributed by atoms with E-state index in [1.54, 1.807) is 21.9 Å². The molecule has 0 bridgehead atoms. The van der Waals surface area contributed by atoms with Gasteiger partial charge in [0.1, 0.15) is 5.82 Å². The smallest absolute Gasteiger partial charge is 0.269 e. The molecule has 4 nitrogen and oxygen atoms in total. The summed E-state index contributed by atoms with van der Waals surface area (Å²) in [4.78, 5) is 29.2. The molecule has 1 spiro atoms. The van der Waals surface area contributed by atoms with E-state index in [2.05, 4.69) is 6.92 Å². The Hall–Kier alpha value is -3.12. The first kappa shape index (κ1) is 19.8. The van der Waals surface area contributed by atoms with E-state index in [0.29, 0.717) is 6.54 Å². The van der Waals surface area contributed by atoms with Crippen molar-refractivity contribution in [3.05, 3.63) is 95.3 Å². The van der Waals surface area contributed by atoms with Crippen LogP contribution in [-0.2, 0) is 27.4 Å². The van der Waals surface area contributed by atoms with Crippen LogP contribution >= 0.6 is 11.8 Å². The summed E-state index contributed by atoms with van der Waals surface area (Å²) >= 11 is 1.37. The Kier molecular flexibility index (Phi) is 4.82. The molecule has 31 heavy (non-hydrogen) atoms. The van der Waals surface area contributed by atoms with Crippen LogP contribution in [0, 0.1) is 5.82 Å². The minimum atomic E-state index is -1.12. The quantitative estimate of drug-likeness (QED) is 0.591. The largest absolute Gasteiger partial charge is 0.304 e. The molecule has 156 valence electrons. The molecule has 2 amide bonds. The molecule has 0 radical (unpaired) electrons. The first-order chi connectivity index (χ1) is 15.0. The predicted molar refractivity (Wildman–Crippen MR) is 121 cm³/mol. The van der Waals surface area contributed by atoms with Crippen molar-refractivity contribution >= 4 is 35.0 Å². The van der Waals surface area contributed by atoms with Crippen molar-refractivity contribution in [2.75, 3.05) is 15.6 Å². The number of anilines is 2. The van der Waals surface area contributed by atoms with Crippen molar-refractivity contribution in [2.24, 2.45) is 0 Å². The fourth-order valence-corrected chi connectivity index (χ4v) is 5.73. The topological polar surface area (TPSA) is 40.6 Å². The van der Waals surface area contributed by atoms with Crippen LogP contribution in [0.3, 0.4) is 0 Å². The Morgan fingerprint density at radius 2 is 1.61 bits per heavy atom. The SMILES string of the molecule is CCc1ccc(N2C(=O)CSC23C(=O)N(Cc2ccc(F)cc2)c2ccccc23)cc1. The van der Waals surface area contributed by atoms with E-state index in [9.17, 15) is 14.0 Å². The molecular weight excluding hydrogens is 411 g/mol. The van der Waals surface area contributed by atoms with Gasteiger partial charge in [-0.1, -0.05) is 49.4 Å². The molecule has 1 atom stereocenters. The summed E-state index contributed by atoms with van der Waals surface area (Å²) < 4.78 is 13.4. The third-order valence-corrected chi connectivity index (χ3v) is 7.31. The predicted octanol–water partition coefficient (Wildman–Crippen LogP) is 4.87. The second kappa shape index (κ2) is 7.54. The fourth-order valence-electron chi connectivity index (χ4n) is 4.37. The molecule has 3 aromatic carbocycles. The summed E-state index contributed by atoms with van der Waals surface area (Å²) in [5.74, 6) is -0.304. The average molecular weight is 433 g/mol. The highest BCUT2D eigenvalue weighted by Gasteiger charge is 2.60. The van der Waals surface area contributed by atoms with E-state index in [1.807, 2.05) is 48.5 Å². The number of carbonyl (C=O) groups excluding carboxylic acids is 2. The lowest BCUT2D eigenvalue weighted by Gasteiger charge is -2.33. The molecule has 6 heteroatoms. The van der Waals surface area contributed by atoms with Crippen LogP contribution in [0.15, 0.2) is 72.8 Å². The first-order valence-corrected chi connectivity index (χ1v) is 11.2. The van der Waals surface area contributed by atoms with Crippen molar-refractivity contribution in [3.63, 3.8) is 0 Å². The third kappa shape index (κ3) is 3.05. The lowest BCUT2D eigenvalue weighted by Crippen LogP contribution is -2.49. The van der Waals surface area contributed by atoms with Crippen molar-refractivity contribution in [2.45, 2.75) is 24.8 Å². The zero-order valence-corrected chi connectivity index (χ0v) is 17.9. The van der Waals surface area contributed by atoms with Crippen LogP contribution in [0.25, 0.3) is 0 Å². The van der Waals surface area contributed by atoms with E-state index >= 15 is 0 Å². The highest BCUT2D eigenvalue weighted by Crippen LogP contribution is 2.55. The van der Waals surface area contributed by atoms with Crippen molar-refractivity contribution in [3.8, 4) is 0 Å². The van der Waals surface area contributed by atoms with Gasteiger partial charge in [0.2, 0.25) is 10.8 Å². The standard InChI is InChI=1S/C25H21FN2O2S/c1-2-17-9-13-20(14-10-17)28-23(29)16-31-25(28)21-5-3-4-6-22(21)27(24(25)30)15-18-7-11-19(26)12-8-18/h3-14H,2,15-16H2,1H3. The number of hydrogen-bond donors (Lipinski definition) is 0. The summed E-state index contributed by atoms with van der Waals surface area (Å²) in [5.41, 5.74) is 4.33. The van der Waals surface area contributed by atoms with Crippen LogP contribution in [0.2, 0.25) is 0 Å². The van der Waals surface area contributed by atoms with Gasteiger partial charge in [-0.25, -0.2) is 4.39 Å². The Morgan fingerprint density at radius 3 is 2.32 bits per heavy atom. The number of thioether (sulfide) groups is 1. The van der Waals surface area contributed by atoms with Crippen LogP contribution in [0.1, 0.15) is 23.6 Å². The average Bonchev–Trinajstić information content (AvgIpc) is 3.26. The van der Waals surface area contributed by atoms with Crippen LogP contribution < -0.4 is 9.80 Å². The molecule has 1 saturated heterocycles. The number of hydrogen-bond acceptors (Lipinski definition) is 3. The summed E-state index contributed by atoms with van der Waals surface area (Å²) in [6.07, 6.45) is 0.904. The molecule has 1 fully saturated rings. The van der Waals surface area contributed by atoms with E-state index in [-0.39, 0.29) is 23.4 Å². The lowest BCUT2D eigenvalue weighted by atomic mass is 10.0. The Bertz CT molecular complexity index is 1160. The Morgan fingerprint density at radius 1 is 0.935 bits per heavy atom. The molecular formula is C25H21FN2O2S. The number of benzene rings is 3. The maximum Gasteiger partial charge on any atom is 0.269 e. The summed E-state index contributed by atoms with van der Waals surface area (Å²) in [7, 11) is 0. The minimum absolute atomic E-state index is 0.0824. The number of fused-ring (bicyclic) bond motifs is 2. The minimum Gasteiger partial charge on any atom is -0.304 e. The molecule has 0 saturated carbocycles. The second-order valence-corrected chi connectivity index (χ2v) is 8.88. The van der Waals surface area contributed by atoms with Gasteiger partial charge in [-0.05, 0) is 47.9 Å². The van der Waals surface area contributed by atoms with Gasteiger partial charge in [0.05, 0.1) is 18.0 Å². The van der Waals surface area contributed by atoms with Gasteiger partial charge in [-0.3, -0.25) is 14.5 Å². The molecule has 2 aliphatic heterocycles. The highest BCUT2D eigenvalue weighted by atomic mass is 32.2. The van der Waals surface area contributed by atoms with Gasteiger partial charge in [0, 0.05) is 11.3 Å². The molecule has 3 aromatic rings. The number of para-hydroxylation sites is 1. The van der Waals surface area contributed by atoms with Crippen LogP contribution in [0.5, 0.6) is 0 Å². The molecule has 5 rings (SSSR count). The van der Waals surface area contributed by atoms with E-state index in [1.165, 1.54) is 29.5 Å². The summed E-state index contributed by atoms with van der Waals surface area (Å²) in [6, 6.07) is 21.6. The summed E-state index contributed by atoms with van der Waals surface area (Å²) in [5, 5.41) is 0. The third-order valence-electron chi connectivity index (χ3n) is 5.92. The van der Waals surface area contributed by atoms with Gasteiger partial charge in [0.25, 0.3) is 5.91 Å². The molecule has 0 aromatic heterocycles. The number of carbonyl (C=O) groups is 2. The molecule has 2 heterocycles. The van der Waals surface area contributed by atoms with Gasteiger partial charge in [0.15, 0.2) is 0 Å². The van der Waals surface area contributed by atoms with E-state index in [4.69, 9.17) is 0 Å².